The Kier molecular flexibility index (Phi) is 6.50. The van der Waals surface area contributed by atoms with E-state index in [0.29, 0.717) is 35.3 Å². The van der Waals surface area contributed by atoms with Gasteiger partial charge in [-0.25, -0.2) is 4.98 Å². The zero-order valence-corrected chi connectivity index (χ0v) is 25.7. The molecule has 0 amide bonds. The molecule has 1 saturated heterocycles. The van der Waals surface area contributed by atoms with E-state index in [0.717, 1.165) is 51.7 Å². The van der Waals surface area contributed by atoms with Crippen LogP contribution >= 0.6 is 11.8 Å². The van der Waals surface area contributed by atoms with Crippen molar-refractivity contribution in [1.29, 1.82) is 0 Å². The first-order chi connectivity index (χ1) is 20.7. The van der Waals surface area contributed by atoms with E-state index in [1.54, 1.807) is 18.3 Å². The summed E-state index contributed by atoms with van der Waals surface area (Å²) in [5.41, 5.74) is 2.69. The number of aromatic nitrogens is 4. The molecule has 1 aliphatic heterocycles. The van der Waals surface area contributed by atoms with Gasteiger partial charge in [0.15, 0.2) is 17.0 Å². The summed E-state index contributed by atoms with van der Waals surface area (Å²) in [4.78, 5) is 22.4. The van der Waals surface area contributed by atoms with Crippen molar-refractivity contribution in [2.45, 2.75) is 88.2 Å². The first-order valence-corrected chi connectivity index (χ1v) is 16.8. The number of thioether (sulfide) groups is 1. The summed E-state index contributed by atoms with van der Waals surface area (Å²) in [6, 6.07) is 3.96. The topological polar surface area (TPSA) is 124 Å². The summed E-state index contributed by atoms with van der Waals surface area (Å²) in [5.74, 6) is 0.386. The number of carbonyl (C=O) groups is 1. The molecule has 4 fully saturated rings. The molecule has 2 N–H and O–H groups in total. The van der Waals surface area contributed by atoms with Crippen LogP contribution in [0.25, 0.3) is 17.3 Å². The summed E-state index contributed by atoms with van der Waals surface area (Å²) in [7, 11) is 0. The molecule has 8 rings (SSSR count). The van der Waals surface area contributed by atoms with Gasteiger partial charge >= 0.3 is 0 Å². The van der Waals surface area contributed by atoms with E-state index in [9.17, 15) is 15.0 Å². The number of allylic oxidation sites excluding steroid dienone is 1. The standard InChI is InChI=1S/C33H40N4O5S/c1-31-15-19-17-35-37(21-8-12-41-13-9-21)24(19)14-20(31)5-6-22-23-7-10-33(40,32(23,2)16-25(38)28(22)31)27(39)18-43-30-36-29-26(42-30)4-3-11-34-29/h3-4,11,14,17,21-23,25,28,38,40H,5-10,12-13,15-16,18H2,1-2H3/t22?,23?,25-,28?,31?,32?,33-/m0/s1. The highest BCUT2D eigenvalue weighted by molar-refractivity contribution is 7.99. The van der Waals surface area contributed by atoms with Gasteiger partial charge in [-0.2, -0.15) is 10.1 Å². The second kappa shape index (κ2) is 9.99. The van der Waals surface area contributed by atoms with Crippen LogP contribution < -0.4 is 0 Å². The third-order valence-corrected chi connectivity index (χ3v) is 12.9. The van der Waals surface area contributed by atoms with Gasteiger partial charge < -0.3 is 19.4 Å². The van der Waals surface area contributed by atoms with E-state index in [4.69, 9.17) is 14.3 Å². The van der Waals surface area contributed by atoms with Crippen molar-refractivity contribution in [3.63, 3.8) is 0 Å². The first kappa shape index (κ1) is 28.0. The lowest BCUT2D eigenvalue weighted by molar-refractivity contribution is -0.177. The Hall–Kier alpha value is -2.53. The van der Waals surface area contributed by atoms with Crippen molar-refractivity contribution >= 4 is 34.9 Å². The van der Waals surface area contributed by atoms with Crippen molar-refractivity contribution in [2.24, 2.45) is 28.6 Å². The number of rotatable bonds is 5. The van der Waals surface area contributed by atoms with Gasteiger partial charge in [0.25, 0.3) is 5.22 Å². The van der Waals surface area contributed by atoms with E-state index >= 15 is 0 Å². The minimum Gasteiger partial charge on any atom is -0.430 e. The number of hydrogen-bond donors (Lipinski definition) is 2. The largest absolute Gasteiger partial charge is 0.430 e. The van der Waals surface area contributed by atoms with Gasteiger partial charge in [-0.15, -0.1) is 0 Å². The molecule has 43 heavy (non-hydrogen) atoms. The van der Waals surface area contributed by atoms with Gasteiger partial charge in [0.1, 0.15) is 5.60 Å². The number of fused-ring (bicyclic) bond motifs is 7. The highest BCUT2D eigenvalue weighted by atomic mass is 32.2. The zero-order valence-electron chi connectivity index (χ0n) is 24.9. The summed E-state index contributed by atoms with van der Waals surface area (Å²) in [6.45, 7) is 5.96. The van der Waals surface area contributed by atoms with Crippen LogP contribution in [0, 0.1) is 28.6 Å². The fourth-order valence-electron chi connectivity index (χ4n) is 9.95. The highest BCUT2D eigenvalue weighted by Crippen LogP contribution is 2.67. The minimum absolute atomic E-state index is 0.0698. The Morgan fingerprint density at radius 1 is 1.21 bits per heavy atom. The maximum absolute atomic E-state index is 13.8. The van der Waals surface area contributed by atoms with Gasteiger partial charge in [0.05, 0.1) is 29.8 Å². The van der Waals surface area contributed by atoms with Crippen LogP contribution in [0.1, 0.15) is 76.1 Å². The first-order valence-electron chi connectivity index (χ1n) is 15.8. The van der Waals surface area contributed by atoms with Crippen molar-refractivity contribution in [3.8, 4) is 0 Å². The number of oxazole rings is 1. The lowest BCUT2D eigenvalue weighted by Crippen LogP contribution is -2.62. The molecular weight excluding hydrogens is 564 g/mol. The van der Waals surface area contributed by atoms with Gasteiger partial charge in [-0.1, -0.05) is 31.2 Å². The molecule has 7 atom stereocenters. The molecule has 5 aliphatic rings. The van der Waals surface area contributed by atoms with Gasteiger partial charge in [-0.3, -0.25) is 9.48 Å². The predicted molar refractivity (Wildman–Crippen MR) is 161 cm³/mol. The number of aliphatic hydroxyl groups is 2. The van der Waals surface area contributed by atoms with Crippen molar-refractivity contribution < 1.29 is 24.2 Å². The molecule has 3 saturated carbocycles. The van der Waals surface area contributed by atoms with Crippen molar-refractivity contribution in [3.05, 3.63) is 41.4 Å². The molecule has 10 heteroatoms. The van der Waals surface area contributed by atoms with Crippen LogP contribution in [0.3, 0.4) is 0 Å². The number of carbonyl (C=O) groups excluding carboxylic acids is 1. The van der Waals surface area contributed by atoms with E-state index in [1.165, 1.54) is 28.6 Å². The molecule has 0 bridgehead atoms. The van der Waals surface area contributed by atoms with Crippen LogP contribution in [0.4, 0.5) is 0 Å². The van der Waals surface area contributed by atoms with Gasteiger partial charge in [0.2, 0.25) is 0 Å². The Balaban J connectivity index is 1.04. The molecule has 4 aliphatic carbocycles. The molecule has 3 aromatic rings. The molecule has 0 aromatic carbocycles. The second-order valence-electron chi connectivity index (χ2n) is 14.0. The average Bonchev–Trinajstić information content (AvgIpc) is 3.68. The number of nitrogens with zero attached hydrogens (tertiary/aromatic N) is 4. The third kappa shape index (κ3) is 4.09. The Labute approximate surface area is 255 Å². The molecule has 228 valence electrons. The van der Waals surface area contributed by atoms with Crippen LogP contribution in [0.5, 0.6) is 0 Å². The maximum atomic E-state index is 13.8. The fourth-order valence-corrected chi connectivity index (χ4v) is 10.7. The number of ketones is 1. The second-order valence-corrected chi connectivity index (χ2v) is 15.0. The van der Waals surface area contributed by atoms with Gasteiger partial charge in [0, 0.05) is 24.8 Å². The van der Waals surface area contributed by atoms with E-state index < -0.39 is 17.1 Å². The Morgan fingerprint density at radius 2 is 2.05 bits per heavy atom. The van der Waals surface area contributed by atoms with Crippen LogP contribution in [-0.4, -0.2) is 66.4 Å². The van der Waals surface area contributed by atoms with Gasteiger partial charge in [-0.05, 0) is 98.3 Å². The van der Waals surface area contributed by atoms with E-state index in [2.05, 4.69) is 34.6 Å². The monoisotopic (exact) mass is 604 g/mol. The number of Topliss-reactive ketones (excluding diaryl/α,β-unsaturated/α-hetero) is 1. The molecule has 4 heterocycles. The summed E-state index contributed by atoms with van der Waals surface area (Å²) in [6.07, 6.45) is 11.9. The third-order valence-electron chi connectivity index (χ3n) is 12.1. The number of pyridine rings is 1. The number of ether oxygens (including phenoxy) is 1. The summed E-state index contributed by atoms with van der Waals surface area (Å²) in [5, 5.41) is 29.3. The molecule has 0 radical (unpaired) electrons. The molecule has 9 nitrogen and oxygen atoms in total. The quantitative estimate of drug-likeness (QED) is 0.387. The molecular formula is C33H40N4O5S. The van der Waals surface area contributed by atoms with Crippen LogP contribution in [0.2, 0.25) is 0 Å². The smallest absolute Gasteiger partial charge is 0.258 e. The average molecular weight is 605 g/mol. The number of aliphatic hydroxyl groups excluding tert-OH is 1. The van der Waals surface area contributed by atoms with E-state index in [-0.39, 0.29) is 34.7 Å². The number of hydrogen-bond acceptors (Lipinski definition) is 9. The summed E-state index contributed by atoms with van der Waals surface area (Å²) >= 11 is 1.21. The fraction of sp³-hybridized carbons (Fsp3) is 0.636. The molecule has 3 aromatic heterocycles. The Bertz CT molecular complexity index is 1580. The predicted octanol–water partition coefficient (Wildman–Crippen LogP) is 5.02. The summed E-state index contributed by atoms with van der Waals surface area (Å²) < 4.78 is 13.6. The van der Waals surface area contributed by atoms with E-state index in [1.807, 2.05) is 6.20 Å². The SMILES string of the molecule is CC12Cc3cnn(C4CCOCC4)c3C=C1CCC1C2[C@@H](O)CC2(C)C1CC[C@]2(O)C(=O)CSc1nc2ncccc2o1. The van der Waals surface area contributed by atoms with Crippen molar-refractivity contribution in [2.75, 3.05) is 19.0 Å². The highest BCUT2D eigenvalue weighted by Gasteiger charge is 2.68. The molecule has 5 unspecified atom stereocenters. The van der Waals surface area contributed by atoms with Crippen molar-refractivity contribution in [1.82, 2.24) is 19.7 Å². The van der Waals surface area contributed by atoms with Crippen LogP contribution in [0.15, 0.2) is 39.7 Å². The zero-order chi connectivity index (χ0) is 29.6. The lowest BCUT2D eigenvalue weighted by Gasteiger charge is -2.60. The normalized spacial score (nSPS) is 37.3. The minimum atomic E-state index is -1.48. The maximum Gasteiger partial charge on any atom is 0.258 e. The van der Waals surface area contributed by atoms with Crippen LogP contribution in [-0.2, 0) is 16.0 Å². The lowest BCUT2D eigenvalue weighted by atomic mass is 9.45. The molecule has 0 spiro atoms. The Morgan fingerprint density at radius 3 is 2.86 bits per heavy atom.